The van der Waals surface area contributed by atoms with E-state index in [9.17, 15) is 14.4 Å². The van der Waals surface area contributed by atoms with Gasteiger partial charge in [0.05, 0.1) is 0 Å². The summed E-state index contributed by atoms with van der Waals surface area (Å²) in [5, 5.41) is 0. The Morgan fingerprint density at radius 2 is 0.512 bits per heavy atom. The lowest BCUT2D eigenvalue weighted by Gasteiger charge is -2.18. The maximum atomic E-state index is 12.9. The van der Waals surface area contributed by atoms with Crippen LogP contribution in [0.15, 0.2) is 97.2 Å². The van der Waals surface area contributed by atoms with Crippen LogP contribution in [0.2, 0.25) is 0 Å². The van der Waals surface area contributed by atoms with Gasteiger partial charge in [0.2, 0.25) is 0 Å². The normalized spacial score (nSPS) is 12.7. The second kappa shape index (κ2) is 67.8. The summed E-state index contributed by atoms with van der Waals surface area (Å²) < 4.78 is 16.9. The molecule has 6 nitrogen and oxygen atoms in total. The van der Waals surface area contributed by atoms with Crippen molar-refractivity contribution in [3.05, 3.63) is 97.2 Å². The van der Waals surface area contributed by atoms with Gasteiger partial charge < -0.3 is 14.2 Å². The van der Waals surface area contributed by atoms with Crippen LogP contribution in [0.1, 0.15) is 335 Å². The predicted octanol–water partition coefficient (Wildman–Crippen LogP) is 23.6. The molecule has 0 heterocycles. The molecular weight excluding hydrogens is 985 g/mol. The van der Waals surface area contributed by atoms with Crippen LogP contribution >= 0.6 is 0 Å². The number of unbranched alkanes of at least 4 members (excludes halogenated alkanes) is 35. The molecule has 0 amide bonds. The van der Waals surface area contributed by atoms with Crippen molar-refractivity contribution in [1.29, 1.82) is 0 Å². The minimum Gasteiger partial charge on any atom is -0.462 e. The van der Waals surface area contributed by atoms with E-state index in [-0.39, 0.29) is 31.1 Å². The molecule has 0 fully saturated rings. The second-order valence-electron chi connectivity index (χ2n) is 22.7. The van der Waals surface area contributed by atoms with E-state index in [1.54, 1.807) is 0 Å². The molecule has 0 aliphatic heterocycles. The van der Waals surface area contributed by atoms with E-state index >= 15 is 0 Å². The number of allylic oxidation sites excluding steroid dienone is 16. The standard InChI is InChI=1S/C74H128O6/c1-4-7-10-13-16-19-22-25-27-29-31-33-35-37-39-40-42-44-46-49-52-55-58-61-64-67-73(76)79-70-71(69-78-72(75)66-63-60-57-54-51-48-24-21-18-15-12-9-6-3)80-74(77)68-65-62-59-56-53-50-47-45-43-41-38-36-34-32-30-28-26-23-20-17-14-11-8-5-2/h7,10,12,15-16,19,21,24-25,27,31,33,37,39,42,44,71H,4-6,8-9,11,13-14,17-18,20,22-23,26,28-30,32,34-36,38,40-41,43,45-70H2,1-3H3/b10-7-,15-12-,19-16-,24-21-,27-25-,33-31-,39-37-,44-42-. The summed E-state index contributed by atoms with van der Waals surface area (Å²) in [6.45, 7) is 6.48. The molecule has 0 aromatic rings. The van der Waals surface area contributed by atoms with Gasteiger partial charge in [0, 0.05) is 19.3 Å². The highest BCUT2D eigenvalue weighted by molar-refractivity contribution is 5.71. The van der Waals surface area contributed by atoms with Crippen molar-refractivity contribution in [2.45, 2.75) is 341 Å². The van der Waals surface area contributed by atoms with Gasteiger partial charge in [-0.2, -0.15) is 0 Å². The fraction of sp³-hybridized carbons (Fsp3) is 0.743. The van der Waals surface area contributed by atoms with Gasteiger partial charge in [-0.3, -0.25) is 14.4 Å². The van der Waals surface area contributed by atoms with Crippen molar-refractivity contribution in [2.75, 3.05) is 13.2 Å². The lowest BCUT2D eigenvalue weighted by Crippen LogP contribution is -2.30. The fourth-order valence-corrected chi connectivity index (χ4v) is 9.72. The van der Waals surface area contributed by atoms with E-state index in [1.807, 2.05) is 0 Å². The number of rotatable bonds is 62. The molecule has 0 aliphatic carbocycles. The molecule has 0 rings (SSSR count). The van der Waals surface area contributed by atoms with Crippen molar-refractivity contribution in [3.8, 4) is 0 Å². The van der Waals surface area contributed by atoms with E-state index in [0.717, 1.165) is 141 Å². The quantitative estimate of drug-likeness (QED) is 0.0261. The van der Waals surface area contributed by atoms with Gasteiger partial charge in [0.25, 0.3) is 0 Å². The Bertz CT molecular complexity index is 1560. The van der Waals surface area contributed by atoms with Crippen LogP contribution in [0.5, 0.6) is 0 Å². The average molecular weight is 1110 g/mol. The third-order valence-corrected chi connectivity index (χ3v) is 14.8. The molecule has 0 saturated carbocycles. The fourth-order valence-electron chi connectivity index (χ4n) is 9.72. The summed E-state index contributed by atoms with van der Waals surface area (Å²) >= 11 is 0. The van der Waals surface area contributed by atoms with E-state index in [2.05, 4.69) is 118 Å². The molecular formula is C74H128O6. The summed E-state index contributed by atoms with van der Waals surface area (Å²) in [4.78, 5) is 38.4. The molecule has 0 N–H and O–H groups in total. The Balaban J connectivity index is 4.32. The number of esters is 3. The number of carbonyl (C=O) groups is 3. The van der Waals surface area contributed by atoms with Crippen LogP contribution in [0.4, 0.5) is 0 Å². The number of hydrogen-bond donors (Lipinski definition) is 0. The van der Waals surface area contributed by atoms with Crippen LogP contribution in [0, 0.1) is 0 Å². The molecule has 0 aliphatic rings. The van der Waals surface area contributed by atoms with Gasteiger partial charge in [-0.25, -0.2) is 0 Å². The van der Waals surface area contributed by atoms with Crippen molar-refractivity contribution in [1.82, 2.24) is 0 Å². The van der Waals surface area contributed by atoms with Gasteiger partial charge >= 0.3 is 17.9 Å². The Hall–Kier alpha value is -3.67. The third kappa shape index (κ3) is 65.1. The van der Waals surface area contributed by atoms with Crippen LogP contribution in [-0.4, -0.2) is 37.2 Å². The highest BCUT2D eigenvalue weighted by Crippen LogP contribution is 2.17. The Morgan fingerprint density at radius 1 is 0.263 bits per heavy atom. The summed E-state index contributed by atoms with van der Waals surface area (Å²) in [7, 11) is 0. The molecule has 80 heavy (non-hydrogen) atoms. The second-order valence-corrected chi connectivity index (χ2v) is 22.7. The average Bonchev–Trinajstić information content (AvgIpc) is 3.46. The lowest BCUT2D eigenvalue weighted by molar-refractivity contribution is -0.167. The Labute approximate surface area is 496 Å². The maximum absolute atomic E-state index is 12.9. The Kier molecular flexibility index (Phi) is 64.7. The predicted molar refractivity (Wildman–Crippen MR) is 348 cm³/mol. The van der Waals surface area contributed by atoms with E-state index < -0.39 is 6.10 Å². The van der Waals surface area contributed by atoms with Crippen molar-refractivity contribution in [3.63, 3.8) is 0 Å². The van der Waals surface area contributed by atoms with Crippen molar-refractivity contribution >= 4 is 17.9 Å². The zero-order valence-electron chi connectivity index (χ0n) is 52.8. The third-order valence-electron chi connectivity index (χ3n) is 14.8. The van der Waals surface area contributed by atoms with E-state index in [0.29, 0.717) is 19.3 Å². The first-order valence-electron chi connectivity index (χ1n) is 34.2. The first kappa shape index (κ1) is 76.3. The maximum Gasteiger partial charge on any atom is 0.306 e. The van der Waals surface area contributed by atoms with Crippen LogP contribution in [0.25, 0.3) is 0 Å². The van der Waals surface area contributed by atoms with E-state index in [1.165, 1.54) is 154 Å². The molecule has 1 atom stereocenters. The molecule has 0 aromatic carbocycles. The molecule has 6 heteroatoms. The summed E-state index contributed by atoms with van der Waals surface area (Å²) in [6.07, 6.45) is 91.4. The highest BCUT2D eigenvalue weighted by atomic mass is 16.6. The first-order valence-corrected chi connectivity index (χ1v) is 34.2. The monoisotopic (exact) mass is 1110 g/mol. The van der Waals surface area contributed by atoms with Crippen LogP contribution in [-0.2, 0) is 28.6 Å². The van der Waals surface area contributed by atoms with Crippen LogP contribution in [0.3, 0.4) is 0 Å². The molecule has 1 unspecified atom stereocenters. The number of ether oxygens (including phenoxy) is 3. The minimum absolute atomic E-state index is 0.0875. The zero-order chi connectivity index (χ0) is 57.8. The molecule has 0 spiro atoms. The topological polar surface area (TPSA) is 78.9 Å². The van der Waals surface area contributed by atoms with Gasteiger partial charge in [-0.15, -0.1) is 0 Å². The van der Waals surface area contributed by atoms with Gasteiger partial charge in [0.15, 0.2) is 6.10 Å². The molecule has 0 radical (unpaired) electrons. The van der Waals surface area contributed by atoms with Gasteiger partial charge in [-0.05, 0) is 96.3 Å². The first-order chi connectivity index (χ1) is 39.5. The van der Waals surface area contributed by atoms with Gasteiger partial charge in [-0.1, -0.05) is 317 Å². The van der Waals surface area contributed by atoms with Crippen LogP contribution < -0.4 is 0 Å². The zero-order valence-corrected chi connectivity index (χ0v) is 52.8. The molecule has 460 valence electrons. The van der Waals surface area contributed by atoms with Crippen molar-refractivity contribution < 1.29 is 28.6 Å². The number of hydrogen-bond acceptors (Lipinski definition) is 6. The summed E-state index contributed by atoms with van der Waals surface area (Å²) in [5.74, 6) is -0.900. The van der Waals surface area contributed by atoms with Crippen molar-refractivity contribution in [2.24, 2.45) is 0 Å². The molecule has 0 bridgehead atoms. The summed E-state index contributed by atoms with van der Waals surface area (Å²) in [5.41, 5.74) is 0. The van der Waals surface area contributed by atoms with E-state index in [4.69, 9.17) is 14.2 Å². The minimum atomic E-state index is -0.791. The SMILES string of the molecule is CC/C=C\C/C=C\C/C=C\C/C=C\C/C=C\C/C=C\CCCCCCCCC(=O)OCC(COC(=O)CCCCCCC/C=C\C/C=C\CCC)OC(=O)CCCCCCCCCCCCCCCCCCCCCCCCCC. The highest BCUT2D eigenvalue weighted by Gasteiger charge is 2.19. The lowest BCUT2D eigenvalue weighted by atomic mass is 10.0. The largest absolute Gasteiger partial charge is 0.462 e. The van der Waals surface area contributed by atoms with Gasteiger partial charge in [0.1, 0.15) is 13.2 Å². The smallest absolute Gasteiger partial charge is 0.306 e. The Morgan fingerprint density at radius 3 is 0.812 bits per heavy atom. The number of carbonyl (C=O) groups excluding carboxylic acids is 3. The molecule has 0 aromatic heterocycles. The molecule has 0 saturated heterocycles. The summed E-state index contributed by atoms with van der Waals surface area (Å²) in [6, 6.07) is 0.